The van der Waals surface area contributed by atoms with Crippen LogP contribution in [0.2, 0.25) is 0 Å². The topological polar surface area (TPSA) is 50.7 Å². The molecule has 0 radical (unpaired) electrons. The van der Waals surface area contributed by atoms with Gasteiger partial charge in [0.25, 0.3) is 0 Å². The number of hydrogen-bond donors (Lipinski definition) is 2. The molecule has 4 nitrogen and oxygen atoms in total. The first-order chi connectivity index (χ1) is 9.55. The van der Waals surface area contributed by atoms with E-state index >= 15 is 0 Å². The molecule has 1 saturated carbocycles. The Morgan fingerprint density at radius 3 is 2.75 bits per heavy atom. The molecule has 2 atom stereocenters. The fraction of sp³-hybridized carbons (Fsp3) is 1.00. The zero-order valence-electron chi connectivity index (χ0n) is 13.1. The molecule has 2 N–H and O–H groups in total. The predicted octanol–water partition coefficient (Wildman–Crippen LogP) is 2.25. The summed E-state index contributed by atoms with van der Waals surface area (Å²) >= 11 is 0. The standard InChI is InChI=1S/C16H31NO3/c1-15(18,10-11-19-2)13-17-12-14-6-9-16(20-14)7-4-3-5-8-16/h14,17-18H,3-13H2,1-2H3. The molecule has 2 fully saturated rings. The number of hydrogen-bond acceptors (Lipinski definition) is 4. The summed E-state index contributed by atoms with van der Waals surface area (Å²) in [5, 5.41) is 13.5. The van der Waals surface area contributed by atoms with Gasteiger partial charge in [0.2, 0.25) is 0 Å². The maximum absolute atomic E-state index is 10.2. The molecule has 0 aromatic heterocycles. The van der Waals surface area contributed by atoms with E-state index in [1.54, 1.807) is 7.11 Å². The van der Waals surface area contributed by atoms with Gasteiger partial charge in [0.15, 0.2) is 0 Å². The van der Waals surface area contributed by atoms with Gasteiger partial charge in [0.1, 0.15) is 0 Å². The van der Waals surface area contributed by atoms with Crippen molar-refractivity contribution < 1.29 is 14.6 Å². The Morgan fingerprint density at radius 1 is 1.30 bits per heavy atom. The van der Waals surface area contributed by atoms with E-state index in [1.807, 2.05) is 6.92 Å². The fourth-order valence-electron chi connectivity index (χ4n) is 3.52. The summed E-state index contributed by atoms with van der Waals surface area (Å²) in [6.45, 7) is 3.91. The Bertz CT molecular complexity index is 287. The van der Waals surface area contributed by atoms with E-state index in [0.29, 0.717) is 25.7 Å². The van der Waals surface area contributed by atoms with Crippen molar-refractivity contribution in [2.45, 2.75) is 75.6 Å². The summed E-state index contributed by atoms with van der Waals surface area (Å²) in [6, 6.07) is 0. The molecule has 0 aromatic carbocycles. The first-order valence-electron chi connectivity index (χ1n) is 8.15. The first-order valence-corrected chi connectivity index (χ1v) is 8.15. The van der Waals surface area contributed by atoms with Crippen LogP contribution in [0, 0.1) is 0 Å². The molecule has 2 aliphatic rings. The monoisotopic (exact) mass is 285 g/mol. The van der Waals surface area contributed by atoms with Crippen molar-refractivity contribution in [3.05, 3.63) is 0 Å². The van der Waals surface area contributed by atoms with Crippen LogP contribution in [0.1, 0.15) is 58.3 Å². The molecule has 2 rings (SSSR count). The minimum Gasteiger partial charge on any atom is -0.389 e. The minimum absolute atomic E-state index is 0.198. The fourth-order valence-corrected chi connectivity index (χ4v) is 3.52. The van der Waals surface area contributed by atoms with E-state index in [2.05, 4.69) is 5.32 Å². The van der Waals surface area contributed by atoms with Gasteiger partial charge in [-0.15, -0.1) is 0 Å². The molecule has 0 bridgehead atoms. The Hall–Kier alpha value is -0.160. The molecule has 118 valence electrons. The Kier molecular flexibility index (Phi) is 5.84. The van der Waals surface area contributed by atoms with E-state index in [4.69, 9.17) is 9.47 Å². The third kappa shape index (κ3) is 4.69. The van der Waals surface area contributed by atoms with Gasteiger partial charge < -0.3 is 19.9 Å². The van der Waals surface area contributed by atoms with E-state index < -0.39 is 5.60 Å². The summed E-state index contributed by atoms with van der Waals surface area (Å²) in [5.41, 5.74) is -0.500. The number of rotatable bonds is 7. The lowest BCUT2D eigenvalue weighted by atomic mass is 9.83. The average molecular weight is 285 g/mol. The second kappa shape index (κ2) is 7.21. The normalized spacial score (nSPS) is 28.6. The predicted molar refractivity (Wildman–Crippen MR) is 79.9 cm³/mol. The largest absolute Gasteiger partial charge is 0.389 e. The highest BCUT2D eigenvalue weighted by molar-refractivity contribution is 4.92. The van der Waals surface area contributed by atoms with E-state index in [-0.39, 0.29) is 5.60 Å². The average Bonchev–Trinajstić information content (AvgIpc) is 2.80. The van der Waals surface area contributed by atoms with Gasteiger partial charge in [-0.1, -0.05) is 19.3 Å². The van der Waals surface area contributed by atoms with Crippen molar-refractivity contribution in [2.75, 3.05) is 26.8 Å². The molecule has 1 aliphatic carbocycles. The van der Waals surface area contributed by atoms with E-state index in [9.17, 15) is 5.11 Å². The molecule has 0 aromatic rings. The summed E-state index contributed by atoms with van der Waals surface area (Å²) in [7, 11) is 1.67. The Labute approximate surface area is 123 Å². The molecule has 20 heavy (non-hydrogen) atoms. The molecule has 1 heterocycles. The van der Waals surface area contributed by atoms with Gasteiger partial charge in [-0.3, -0.25) is 0 Å². The summed E-state index contributed by atoms with van der Waals surface area (Å²) < 4.78 is 11.3. The number of methoxy groups -OCH3 is 1. The maximum atomic E-state index is 10.2. The number of nitrogens with one attached hydrogen (secondary N) is 1. The molecule has 1 aliphatic heterocycles. The van der Waals surface area contributed by atoms with Gasteiger partial charge in [-0.25, -0.2) is 0 Å². The van der Waals surface area contributed by atoms with Crippen molar-refractivity contribution in [3.63, 3.8) is 0 Å². The summed E-state index contributed by atoms with van der Waals surface area (Å²) in [4.78, 5) is 0. The third-order valence-electron chi connectivity index (χ3n) is 4.83. The zero-order valence-corrected chi connectivity index (χ0v) is 13.1. The van der Waals surface area contributed by atoms with Crippen LogP contribution in [0.15, 0.2) is 0 Å². The van der Waals surface area contributed by atoms with Crippen molar-refractivity contribution in [1.82, 2.24) is 5.32 Å². The van der Waals surface area contributed by atoms with Crippen molar-refractivity contribution in [2.24, 2.45) is 0 Å². The lowest BCUT2D eigenvalue weighted by Crippen LogP contribution is -2.42. The smallest absolute Gasteiger partial charge is 0.0765 e. The maximum Gasteiger partial charge on any atom is 0.0765 e. The number of aliphatic hydroxyl groups is 1. The van der Waals surface area contributed by atoms with Crippen molar-refractivity contribution in [1.29, 1.82) is 0 Å². The van der Waals surface area contributed by atoms with Crippen LogP contribution >= 0.6 is 0 Å². The van der Waals surface area contributed by atoms with E-state index in [0.717, 1.165) is 13.0 Å². The highest BCUT2D eigenvalue weighted by atomic mass is 16.5. The van der Waals surface area contributed by atoms with Crippen LogP contribution in [0.25, 0.3) is 0 Å². The molecular weight excluding hydrogens is 254 g/mol. The molecule has 1 saturated heterocycles. The van der Waals surface area contributed by atoms with E-state index in [1.165, 1.54) is 38.5 Å². The third-order valence-corrected chi connectivity index (χ3v) is 4.83. The van der Waals surface area contributed by atoms with Crippen LogP contribution in [0.5, 0.6) is 0 Å². The second-order valence-electron chi connectivity index (χ2n) is 6.89. The highest BCUT2D eigenvalue weighted by Gasteiger charge is 2.40. The van der Waals surface area contributed by atoms with Crippen LogP contribution in [-0.4, -0.2) is 49.2 Å². The molecule has 1 spiro atoms. The van der Waals surface area contributed by atoms with Crippen molar-refractivity contribution in [3.8, 4) is 0 Å². The highest BCUT2D eigenvalue weighted by Crippen LogP contribution is 2.41. The summed E-state index contributed by atoms with van der Waals surface area (Å²) in [5.74, 6) is 0. The van der Waals surface area contributed by atoms with Gasteiger partial charge in [0.05, 0.1) is 17.3 Å². The lowest BCUT2D eigenvalue weighted by Gasteiger charge is -2.33. The Morgan fingerprint density at radius 2 is 2.05 bits per heavy atom. The molecular formula is C16H31NO3. The van der Waals surface area contributed by atoms with Crippen LogP contribution in [0.3, 0.4) is 0 Å². The number of ether oxygens (including phenoxy) is 2. The first kappa shape index (κ1) is 16.2. The molecule has 0 amide bonds. The van der Waals surface area contributed by atoms with Gasteiger partial charge >= 0.3 is 0 Å². The molecule has 2 unspecified atom stereocenters. The second-order valence-corrected chi connectivity index (χ2v) is 6.89. The summed E-state index contributed by atoms with van der Waals surface area (Å²) in [6.07, 6.45) is 9.88. The van der Waals surface area contributed by atoms with Gasteiger partial charge in [0, 0.05) is 33.2 Å². The van der Waals surface area contributed by atoms with Crippen LogP contribution in [0.4, 0.5) is 0 Å². The minimum atomic E-state index is -0.697. The SMILES string of the molecule is COCCC(C)(O)CNCC1CCC2(CCCCC2)O1. The molecule has 4 heteroatoms. The van der Waals surface area contributed by atoms with Crippen LogP contribution in [-0.2, 0) is 9.47 Å². The van der Waals surface area contributed by atoms with Gasteiger partial charge in [-0.2, -0.15) is 0 Å². The quantitative estimate of drug-likeness (QED) is 0.753. The zero-order chi connectivity index (χ0) is 14.5. The van der Waals surface area contributed by atoms with Crippen molar-refractivity contribution >= 4 is 0 Å². The van der Waals surface area contributed by atoms with Gasteiger partial charge in [-0.05, 0) is 32.6 Å². The van der Waals surface area contributed by atoms with Crippen LogP contribution < -0.4 is 5.32 Å². The Balaban J connectivity index is 1.65. The lowest BCUT2D eigenvalue weighted by molar-refractivity contribution is -0.0638.